The maximum absolute atomic E-state index is 5.60. The van der Waals surface area contributed by atoms with Crippen LogP contribution in [0.5, 0.6) is 0 Å². The van der Waals surface area contributed by atoms with E-state index < -0.39 is 0 Å². The van der Waals surface area contributed by atoms with Gasteiger partial charge in [-0.2, -0.15) is 0 Å². The Morgan fingerprint density at radius 3 is 2.25 bits per heavy atom. The molecule has 0 saturated heterocycles. The van der Waals surface area contributed by atoms with Gasteiger partial charge in [0, 0.05) is 22.6 Å². The van der Waals surface area contributed by atoms with Crippen molar-refractivity contribution in [2.75, 3.05) is 13.1 Å². The van der Waals surface area contributed by atoms with Gasteiger partial charge in [-0.15, -0.1) is 0 Å². The van der Waals surface area contributed by atoms with Crippen LogP contribution in [-0.2, 0) is 0 Å². The summed E-state index contributed by atoms with van der Waals surface area (Å²) in [4.78, 5) is 0. The summed E-state index contributed by atoms with van der Waals surface area (Å²) >= 11 is 2.31. The van der Waals surface area contributed by atoms with Crippen molar-refractivity contribution in [2.24, 2.45) is 11.5 Å². The maximum Gasteiger partial charge on any atom is 0.0166 e. The van der Waals surface area contributed by atoms with E-state index in [1.165, 1.54) is 9.13 Å². The molecule has 0 amide bonds. The predicted octanol–water partition coefficient (Wildman–Crippen LogP) is 1.29. The summed E-state index contributed by atoms with van der Waals surface area (Å²) < 4.78 is 1.25. The highest BCUT2D eigenvalue weighted by Gasteiger charge is 2.09. The summed E-state index contributed by atoms with van der Waals surface area (Å²) in [6, 6.07) is 8.21. The molecule has 2 nitrogen and oxygen atoms in total. The van der Waals surface area contributed by atoms with Gasteiger partial charge in [-0.25, -0.2) is 0 Å². The average Bonchev–Trinajstić information content (AvgIpc) is 2.10. The zero-order chi connectivity index (χ0) is 8.97. The van der Waals surface area contributed by atoms with Crippen molar-refractivity contribution >= 4 is 22.6 Å². The van der Waals surface area contributed by atoms with E-state index in [2.05, 4.69) is 34.7 Å². The van der Waals surface area contributed by atoms with Gasteiger partial charge in [0.2, 0.25) is 0 Å². The molecule has 0 aliphatic carbocycles. The number of hydrogen-bond acceptors (Lipinski definition) is 2. The largest absolute Gasteiger partial charge is 0.330 e. The van der Waals surface area contributed by atoms with E-state index >= 15 is 0 Å². The highest BCUT2D eigenvalue weighted by molar-refractivity contribution is 14.1. The second-order valence-corrected chi connectivity index (χ2v) is 3.85. The smallest absolute Gasteiger partial charge is 0.0166 e. The van der Waals surface area contributed by atoms with E-state index in [-0.39, 0.29) is 0 Å². The molecule has 4 N–H and O–H groups in total. The van der Waals surface area contributed by atoms with Crippen molar-refractivity contribution in [3.63, 3.8) is 0 Å². The van der Waals surface area contributed by atoms with Crippen LogP contribution >= 0.6 is 22.6 Å². The summed E-state index contributed by atoms with van der Waals surface area (Å²) in [6.45, 7) is 1.24. The van der Waals surface area contributed by atoms with Crippen LogP contribution in [0.1, 0.15) is 11.5 Å². The summed E-state index contributed by atoms with van der Waals surface area (Å²) in [7, 11) is 0. The lowest BCUT2D eigenvalue weighted by Crippen LogP contribution is -2.21. The Bertz CT molecular complexity index is 246. The molecule has 3 heteroatoms. The molecule has 0 unspecified atom stereocenters. The van der Waals surface area contributed by atoms with E-state index in [1.54, 1.807) is 0 Å². The summed E-state index contributed by atoms with van der Waals surface area (Å²) in [6.07, 6.45) is 0. The number of nitrogens with two attached hydrogens (primary N) is 2. The lowest BCUT2D eigenvalue weighted by atomic mass is 10.00. The van der Waals surface area contributed by atoms with Crippen LogP contribution in [0.3, 0.4) is 0 Å². The second kappa shape index (κ2) is 4.79. The van der Waals surface area contributed by atoms with Crippen LogP contribution < -0.4 is 11.5 Å². The molecular formula is C9H13IN2. The Hall–Kier alpha value is -0.130. The van der Waals surface area contributed by atoms with E-state index in [4.69, 9.17) is 11.5 Å². The summed E-state index contributed by atoms with van der Waals surface area (Å²) in [5.41, 5.74) is 12.5. The van der Waals surface area contributed by atoms with Gasteiger partial charge in [-0.05, 0) is 34.2 Å². The van der Waals surface area contributed by atoms with Crippen LogP contribution in [0.4, 0.5) is 0 Å². The Labute approximate surface area is 86.5 Å². The Morgan fingerprint density at radius 1 is 1.17 bits per heavy atom. The van der Waals surface area contributed by atoms with E-state index in [0.717, 1.165) is 0 Å². The first-order chi connectivity index (χ1) is 5.79. The van der Waals surface area contributed by atoms with Gasteiger partial charge in [0.15, 0.2) is 0 Å². The molecule has 0 bridgehead atoms. The third kappa shape index (κ3) is 2.18. The van der Waals surface area contributed by atoms with Crippen molar-refractivity contribution in [2.45, 2.75) is 5.92 Å². The molecule has 0 aromatic heterocycles. The van der Waals surface area contributed by atoms with Crippen LogP contribution in [0, 0.1) is 3.57 Å². The first kappa shape index (κ1) is 9.95. The molecule has 66 valence electrons. The molecule has 0 fully saturated rings. The fourth-order valence-corrected chi connectivity index (χ4v) is 1.98. The molecule has 1 aromatic rings. The standard InChI is InChI=1S/C9H13IN2/c10-9-4-2-1-3-8(9)7(5-11)6-12/h1-4,7H,5-6,11-12H2. The lowest BCUT2D eigenvalue weighted by Gasteiger charge is -2.13. The Balaban J connectivity index is 2.92. The molecular weight excluding hydrogens is 263 g/mol. The molecule has 0 heterocycles. The van der Waals surface area contributed by atoms with Crippen LogP contribution in [0.25, 0.3) is 0 Å². The number of halogens is 1. The highest BCUT2D eigenvalue weighted by atomic mass is 127. The fraction of sp³-hybridized carbons (Fsp3) is 0.333. The molecule has 0 radical (unpaired) electrons. The average molecular weight is 276 g/mol. The SMILES string of the molecule is NCC(CN)c1ccccc1I. The molecule has 0 aliphatic heterocycles. The van der Waals surface area contributed by atoms with Crippen molar-refractivity contribution in [3.05, 3.63) is 33.4 Å². The topological polar surface area (TPSA) is 52.0 Å². The zero-order valence-corrected chi connectivity index (χ0v) is 8.99. The van der Waals surface area contributed by atoms with Gasteiger partial charge < -0.3 is 11.5 Å². The molecule has 0 aliphatic rings. The van der Waals surface area contributed by atoms with E-state index in [1.807, 2.05) is 12.1 Å². The minimum atomic E-state index is 0.304. The minimum absolute atomic E-state index is 0.304. The summed E-state index contributed by atoms with van der Waals surface area (Å²) in [5, 5.41) is 0. The quantitative estimate of drug-likeness (QED) is 0.817. The van der Waals surface area contributed by atoms with Gasteiger partial charge in [0.25, 0.3) is 0 Å². The number of rotatable bonds is 3. The Morgan fingerprint density at radius 2 is 1.75 bits per heavy atom. The summed E-state index contributed by atoms with van der Waals surface area (Å²) in [5.74, 6) is 0.304. The van der Waals surface area contributed by atoms with Crippen molar-refractivity contribution in [1.29, 1.82) is 0 Å². The molecule has 12 heavy (non-hydrogen) atoms. The second-order valence-electron chi connectivity index (χ2n) is 2.69. The first-order valence-corrected chi connectivity index (χ1v) is 5.02. The van der Waals surface area contributed by atoms with Gasteiger partial charge in [0.05, 0.1) is 0 Å². The highest BCUT2D eigenvalue weighted by Crippen LogP contribution is 2.19. The van der Waals surface area contributed by atoms with Crippen LogP contribution in [-0.4, -0.2) is 13.1 Å². The van der Waals surface area contributed by atoms with Crippen LogP contribution in [0.15, 0.2) is 24.3 Å². The Kier molecular flexibility index (Phi) is 3.97. The fourth-order valence-electron chi connectivity index (χ4n) is 1.16. The van der Waals surface area contributed by atoms with Gasteiger partial charge >= 0.3 is 0 Å². The van der Waals surface area contributed by atoms with E-state index in [9.17, 15) is 0 Å². The maximum atomic E-state index is 5.60. The van der Waals surface area contributed by atoms with Gasteiger partial charge in [0.1, 0.15) is 0 Å². The third-order valence-corrected chi connectivity index (χ3v) is 2.90. The third-order valence-electron chi connectivity index (χ3n) is 1.91. The van der Waals surface area contributed by atoms with Crippen molar-refractivity contribution in [3.8, 4) is 0 Å². The molecule has 1 aromatic carbocycles. The predicted molar refractivity (Wildman–Crippen MR) is 60.0 cm³/mol. The first-order valence-electron chi connectivity index (χ1n) is 3.94. The van der Waals surface area contributed by atoms with Crippen molar-refractivity contribution < 1.29 is 0 Å². The monoisotopic (exact) mass is 276 g/mol. The lowest BCUT2D eigenvalue weighted by molar-refractivity contribution is 0.705. The molecule has 1 rings (SSSR count). The zero-order valence-electron chi connectivity index (χ0n) is 6.83. The molecule has 0 saturated carbocycles. The minimum Gasteiger partial charge on any atom is -0.330 e. The molecule has 0 atom stereocenters. The van der Waals surface area contributed by atoms with Gasteiger partial charge in [-0.1, -0.05) is 18.2 Å². The van der Waals surface area contributed by atoms with Crippen molar-refractivity contribution in [1.82, 2.24) is 0 Å². The molecule has 0 spiro atoms. The van der Waals surface area contributed by atoms with Gasteiger partial charge in [-0.3, -0.25) is 0 Å². The van der Waals surface area contributed by atoms with Crippen LogP contribution in [0.2, 0.25) is 0 Å². The number of hydrogen-bond donors (Lipinski definition) is 2. The van der Waals surface area contributed by atoms with E-state index in [0.29, 0.717) is 19.0 Å². The number of benzene rings is 1. The normalized spacial score (nSPS) is 10.7.